The van der Waals surface area contributed by atoms with Gasteiger partial charge in [0.2, 0.25) is 0 Å². The van der Waals surface area contributed by atoms with Crippen LogP contribution in [0.1, 0.15) is 40.0 Å². The number of aliphatic hydroxyl groups is 2. The number of alkyl halides is 2. The number of hydrogen-bond donors (Lipinski definition) is 2. The molecule has 0 amide bonds. The van der Waals surface area contributed by atoms with E-state index in [0.717, 1.165) is 6.08 Å². The topological polar surface area (TPSA) is 83.8 Å². The van der Waals surface area contributed by atoms with Gasteiger partial charge < -0.3 is 14.9 Å². The maximum atomic E-state index is 17.0. The normalized spacial score (nSPS) is 52.6. The number of methoxy groups -OCH3 is 1. The van der Waals surface area contributed by atoms with Gasteiger partial charge in [-0.25, -0.2) is 13.6 Å². The van der Waals surface area contributed by atoms with Crippen LogP contribution in [0.25, 0.3) is 0 Å². The Morgan fingerprint density at radius 1 is 1.30 bits per heavy atom. The molecule has 0 aromatic carbocycles. The Morgan fingerprint density at radius 2 is 1.93 bits per heavy atom. The van der Waals surface area contributed by atoms with Crippen molar-refractivity contribution in [2.24, 2.45) is 28.6 Å². The molecule has 0 saturated heterocycles. The second-order valence-corrected chi connectivity index (χ2v) is 10.3. The van der Waals surface area contributed by atoms with Crippen LogP contribution in [-0.4, -0.2) is 52.6 Å². The lowest BCUT2D eigenvalue weighted by molar-refractivity contribution is -0.230. The SMILES string of the molecule is COC(=O)[C@@]1(O)[C@H](C)C[C@H]2[C@@H]3C[C@H](F)C4=CC(=O)C(Cl)=C[C@]4(C)[C@@]3(F)[C@@H](O)C[C@@]21C. The highest BCUT2D eigenvalue weighted by Crippen LogP contribution is 2.71. The summed E-state index contributed by atoms with van der Waals surface area (Å²) < 4.78 is 37.2. The van der Waals surface area contributed by atoms with E-state index >= 15 is 8.78 Å². The Kier molecular flexibility index (Phi) is 4.64. The van der Waals surface area contributed by atoms with Crippen LogP contribution >= 0.6 is 11.6 Å². The van der Waals surface area contributed by atoms with E-state index in [0.29, 0.717) is 0 Å². The zero-order chi connectivity index (χ0) is 22.4. The minimum Gasteiger partial charge on any atom is -0.467 e. The molecule has 9 atom stereocenters. The quantitative estimate of drug-likeness (QED) is 0.607. The molecule has 0 aromatic rings. The molecule has 4 aliphatic rings. The van der Waals surface area contributed by atoms with Gasteiger partial charge in [-0.1, -0.05) is 25.4 Å². The molecule has 5 nitrogen and oxygen atoms in total. The highest BCUT2D eigenvalue weighted by atomic mass is 35.5. The molecule has 0 spiro atoms. The fourth-order valence-electron chi connectivity index (χ4n) is 7.18. The van der Waals surface area contributed by atoms with Crippen LogP contribution in [0.3, 0.4) is 0 Å². The zero-order valence-electron chi connectivity index (χ0n) is 17.4. The molecule has 0 radical (unpaired) electrons. The van der Waals surface area contributed by atoms with E-state index < -0.39 is 63.9 Å². The summed E-state index contributed by atoms with van der Waals surface area (Å²) in [5.74, 6) is -3.54. The van der Waals surface area contributed by atoms with Crippen molar-refractivity contribution >= 4 is 23.4 Å². The monoisotopic (exact) mass is 444 g/mol. The number of ketones is 1. The van der Waals surface area contributed by atoms with Gasteiger partial charge in [0, 0.05) is 16.7 Å². The standard InChI is InChI=1S/C22H27ClF2O5/c1-10-5-11-12-6-15(24)13-7-16(26)14(23)8-19(13,2)21(12,25)17(27)9-20(11,3)22(10,29)18(28)30-4/h7-8,10-12,15,17,27,29H,5-6,9H2,1-4H3/t10-,11+,12+,15+,17+,19+,20+,21+,22+/m1/s1. The lowest BCUT2D eigenvalue weighted by Gasteiger charge is -2.62. The molecule has 0 heterocycles. The average molecular weight is 445 g/mol. The first-order valence-electron chi connectivity index (χ1n) is 10.3. The molecular formula is C22H27ClF2O5. The number of halogens is 3. The van der Waals surface area contributed by atoms with Gasteiger partial charge >= 0.3 is 5.97 Å². The first-order valence-corrected chi connectivity index (χ1v) is 10.6. The third kappa shape index (κ3) is 2.24. The highest BCUT2D eigenvalue weighted by Gasteiger charge is 2.77. The molecule has 0 aromatic heterocycles. The molecule has 30 heavy (non-hydrogen) atoms. The Hall–Kier alpha value is -1.31. The molecule has 0 unspecified atom stereocenters. The van der Waals surface area contributed by atoms with Gasteiger partial charge in [-0.15, -0.1) is 0 Å². The maximum Gasteiger partial charge on any atom is 0.338 e. The minimum absolute atomic E-state index is 0.0208. The molecule has 166 valence electrons. The molecule has 0 aliphatic heterocycles. The first kappa shape index (κ1) is 21.9. The predicted molar refractivity (Wildman–Crippen MR) is 105 cm³/mol. The number of ether oxygens (including phenoxy) is 1. The third-order valence-corrected chi connectivity index (χ3v) is 9.06. The van der Waals surface area contributed by atoms with Gasteiger partial charge in [-0.05, 0) is 55.7 Å². The van der Waals surface area contributed by atoms with Crippen molar-refractivity contribution in [3.05, 3.63) is 22.8 Å². The Balaban J connectivity index is 1.89. The largest absolute Gasteiger partial charge is 0.467 e. The number of carbonyl (C=O) groups excluding carboxylic acids is 2. The summed E-state index contributed by atoms with van der Waals surface area (Å²) in [5.41, 5.74) is -7.07. The number of rotatable bonds is 1. The second kappa shape index (κ2) is 6.36. The Labute approximate surface area is 179 Å². The summed E-state index contributed by atoms with van der Waals surface area (Å²) >= 11 is 6.03. The molecule has 3 fully saturated rings. The summed E-state index contributed by atoms with van der Waals surface area (Å²) in [4.78, 5) is 24.6. The lowest BCUT2D eigenvalue weighted by atomic mass is 9.44. The van der Waals surface area contributed by atoms with Crippen molar-refractivity contribution in [2.75, 3.05) is 7.11 Å². The van der Waals surface area contributed by atoms with E-state index in [2.05, 4.69) is 0 Å². The fraction of sp³-hybridized carbons (Fsp3) is 0.727. The summed E-state index contributed by atoms with van der Waals surface area (Å²) in [7, 11) is 1.17. The lowest BCUT2D eigenvalue weighted by Crippen LogP contribution is -2.70. The Bertz CT molecular complexity index is 889. The number of fused-ring (bicyclic) bond motifs is 5. The number of esters is 1. The third-order valence-electron chi connectivity index (χ3n) is 8.77. The molecule has 4 rings (SSSR count). The van der Waals surface area contributed by atoms with Crippen LogP contribution in [0.4, 0.5) is 8.78 Å². The van der Waals surface area contributed by atoms with Crippen molar-refractivity contribution in [3.63, 3.8) is 0 Å². The van der Waals surface area contributed by atoms with E-state index in [1.165, 1.54) is 20.1 Å². The van der Waals surface area contributed by atoms with E-state index in [1.807, 2.05) is 0 Å². The van der Waals surface area contributed by atoms with Crippen LogP contribution in [0, 0.1) is 28.6 Å². The van der Waals surface area contributed by atoms with Crippen molar-refractivity contribution in [1.82, 2.24) is 0 Å². The van der Waals surface area contributed by atoms with Gasteiger partial charge in [-0.2, -0.15) is 0 Å². The average Bonchev–Trinajstić information content (AvgIpc) is 2.87. The van der Waals surface area contributed by atoms with Crippen LogP contribution in [-0.2, 0) is 14.3 Å². The summed E-state index contributed by atoms with van der Waals surface area (Å²) in [6.45, 7) is 4.80. The van der Waals surface area contributed by atoms with Gasteiger partial charge in [0.15, 0.2) is 17.1 Å². The minimum atomic E-state index is -2.31. The second-order valence-electron chi connectivity index (χ2n) is 9.87. The van der Waals surface area contributed by atoms with E-state index in [1.54, 1.807) is 13.8 Å². The van der Waals surface area contributed by atoms with Crippen LogP contribution in [0.15, 0.2) is 22.8 Å². The predicted octanol–water partition coefficient (Wildman–Crippen LogP) is 3.02. The van der Waals surface area contributed by atoms with Gasteiger partial charge in [0.25, 0.3) is 0 Å². The zero-order valence-corrected chi connectivity index (χ0v) is 18.2. The van der Waals surface area contributed by atoms with E-state index in [4.69, 9.17) is 16.3 Å². The van der Waals surface area contributed by atoms with Gasteiger partial charge in [0.1, 0.15) is 6.17 Å². The van der Waals surface area contributed by atoms with Gasteiger partial charge in [0.05, 0.1) is 18.2 Å². The molecule has 8 heteroatoms. The maximum absolute atomic E-state index is 17.0. The Morgan fingerprint density at radius 3 is 2.53 bits per heavy atom. The van der Waals surface area contributed by atoms with E-state index in [9.17, 15) is 19.8 Å². The molecular weight excluding hydrogens is 418 g/mol. The summed E-state index contributed by atoms with van der Waals surface area (Å²) in [6, 6.07) is 0. The number of allylic oxidation sites excluding steroid dienone is 4. The van der Waals surface area contributed by atoms with Crippen molar-refractivity contribution < 1.29 is 33.3 Å². The van der Waals surface area contributed by atoms with Crippen molar-refractivity contribution in [1.29, 1.82) is 0 Å². The van der Waals surface area contributed by atoms with Crippen molar-refractivity contribution in [2.45, 2.75) is 63.6 Å². The summed E-state index contributed by atoms with van der Waals surface area (Å²) in [6.07, 6.45) is -1.12. The molecule has 4 aliphatic carbocycles. The van der Waals surface area contributed by atoms with Gasteiger partial charge in [-0.3, -0.25) is 4.79 Å². The molecule has 0 bridgehead atoms. The fourth-order valence-corrected chi connectivity index (χ4v) is 7.46. The number of hydrogen-bond acceptors (Lipinski definition) is 5. The first-order chi connectivity index (χ1) is 13.8. The van der Waals surface area contributed by atoms with Crippen LogP contribution in [0.2, 0.25) is 0 Å². The van der Waals surface area contributed by atoms with Crippen molar-refractivity contribution in [3.8, 4) is 0 Å². The number of aliphatic hydroxyl groups excluding tert-OH is 1. The number of carbonyl (C=O) groups is 2. The smallest absolute Gasteiger partial charge is 0.338 e. The van der Waals surface area contributed by atoms with Crippen LogP contribution in [0.5, 0.6) is 0 Å². The highest BCUT2D eigenvalue weighted by molar-refractivity contribution is 6.44. The molecule has 2 N–H and O–H groups in total. The van der Waals surface area contributed by atoms with Crippen LogP contribution < -0.4 is 0 Å². The molecule has 3 saturated carbocycles. The summed E-state index contributed by atoms with van der Waals surface area (Å²) in [5, 5.41) is 22.4. The van der Waals surface area contributed by atoms with E-state index in [-0.39, 0.29) is 29.9 Å².